The second kappa shape index (κ2) is 5.27. The van der Waals surface area contributed by atoms with Crippen LogP contribution in [0.3, 0.4) is 0 Å². The van der Waals surface area contributed by atoms with E-state index in [9.17, 15) is 0 Å². The molecule has 106 valence electrons. The molecule has 0 fully saturated rings. The molecule has 0 atom stereocenters. The first-order chi connectivity index (χ1) is 10.8. The highest BCUT2D eigenvalue weighted by atomic mass is 19.1. The molecule has 0 N–H and O–H groups in total. The summed E-state index contributed by atoms with van der Waals surface area (Å²) in [5, 5.41) is 0. The van der Waals surface area contributed by atoms with Gasteiger partial charge in [-0.15, -0.1) is 0 Å². The van der Waals surface area contributed by atoms with Crippen molar-refractivity contribution in [2.75, 3.05) is 0 Å². The molecular formula is C21H15F. The Morgan fingerprint density at radius 3 is 1.95 bits per heavy atom. The molecule has 0 radical (unpaired) electrons. The van der Waals surface area contributed by atoms with Gasteiger partial charge in [-0.2, -0.15) is 0 Å². The maximum atomic E-state index is 15.2. The first-order valence-corrected chi connectivity index (χ1v) is 7.46. The standard InChI is InChI=1S/C21H15F/c22-21-19-13-7-6-12-18(19)17-11-5-4-10-16(17)14-20(21)15-8-2-1-3-9-15/h1-13H,14H2. The van der Waals surface area contributed by atoms with Gasteiger partial charge < -0.3 is 0 Å². The van der Waals surface area contributed by atoms with E-state index in [4.69, 9.17) is 0 Å². The molecule has 22 heavy (non-hydrogen) atoms. The summed E-state index contributed by atoms with van der Waals surface area (Å²) in [7, 11) is 0. The summed E-state index contributed by atoms with van der Waals surface area (Å²) < 4.78 is 15.2. The summed E-state index contributed by atoms with van der Waals surface area (Å²) >= 11 is 0. The van der Waals surface area contributed by atoms with Crippen molar-refractivity contribution in [2.24, 2.45) is 0 Å². The van der Waals surface area contributed by atoms with Gasteiger partial charge in [0, 0.05) is 17.6 Å². The number of hydrogen-bond donors (Lipinski definition) is 0. The van der Waals surface area contributed by atoms with Crippen LogP contribution >= 0.6 is 0 Å². The highest BCUT2D eigenvalue weighted by Crippen LogP contribution is 2.41. The molecule has 3 aromatic rings. The van der Waals surface area contributed by atoms with Gasteiger partial charge >= 0.3 is 0 Å². The molecule has 3 aromatic carbocycles. The van der Waals surface area contributed by atoms with Crippen LogP contribution in [0.15, 0.2) is 78.9 Å². The molecule has 0 saturated carbocycles. The molecule has 1 heteroatoms. The molecule has 0 spiro atoms. The van der Waals surface area contributed by atoms with E-state index >= 15 is 4.39 Å². The summed E-state index contributed by atoms with van der Waals surface area (Å²) in [4.78, 5) is 0. The van der Waals surface area contributed by atoms with E-state index in [1.165, 1.54) is 5.56 Å². The largest absolute Gasteiger partial charge is 0.206 e. The highest BCUT2D eigenvalue weighted by Gasteiger charge is 2.21. The Labute approximate surface area is 129 Å². The molecule has 0 bridgehead atoms. The maximum Gasteiger partial charge on any atom is 0.135 e. The van der Waals surface area contributed by atoms with Crippen LogP contribution in [0.1, 0.15) is 16.7 Å². The Balaban J connectivity index is 2.03. The van der Waals surface area contributed by atoms with Gasteiger partial charge in [0.05, 0.1) is 0 Å². The van der Waals surface area contributed by atoms with Gasteiger partial charge in [-0.05, 0) is 22.3 Å². The topological polar surface area (TPSA) is 0 Å². The van der Waals surface area contributed by atoms with Gasteiger partial charge in [0.2, 0.25) is 0 Å². The molecule has 0 aliphatic heterocycles. The molecular weight excluding hydrogens is 271 g/mol. The third-order valence-electron chi connectivity index (χ3n) is 4.23. The van der Waals surface area contributed by atoms with Gasteiger partial charge in [0.25, 0.3) is 0 Å². The number of rotatable bonds is 1. The van der Waals surface area contributed by atoms with Gasteiger partial charge in [0.15, 0.2) is 0 Å². The van der Waals surface area contributed by atoms with Crippen LogP contribution in [0, 0.1) is 0 Å². The van der Waals surface area contributed by atoms with Gasteiger partial charge in [-0.3, -0.25) is 0 Å². The molecule has 0 nitrogen and oxygen atoms in total. The summed E-state index contributed by atoms with van der Waals surface area (Å²) in [6.07, 6.45) is 0.612. The lowest BCUT2D eigenvalue weighted by atomic mass is 9.95. The van der Waals surface area contributed by atoms with Crippen LogP contribution < -0.4 is 0 Å². The minimum Gasteiger partial charge on any atom is -0.206 e. The number of benzene rings is 3. The highest BCUT2D eigenvalue weighted by molar-refractivity contribution is 5.96. The summed E-state index contributed by atoms with van der Waals surface area (Å²) in [5.74, 6) is -0.113. The van der Waals surface area contributed by atoms with Crippen molar-refractivity contribution in [1.29, 1.82) is 0 Å². The molecule has 1 aliphatic carbocycles. The minimum absolute atomic E-state index is 0.113. The summed E-state index contributed by atoms with van der Waals surface area (Å²) in [6.45, 7) is 0. The van der Waals surface area contributed by atoms with E-state index in [1.54, 1.807) is 0 Å². The molecule has 0 heterocycles. The molecule has 0 amide bonds. The van der Waals surface area contributed by atoms with Gasteiger partial charge in [-0.1, -0.05) is 78.9 Å². The van der Waals surface area contributed by atoms with Crippen molar-refractivity contribution in [3.05, 3.63) is 95.6 Å². The average molecular weight is 286 g/mol. The van der Waals surface area contributed by atoms with Crippen LogP contribution in [0.4, 0.5) is 4.39 Å². The van der Waals surface area contributed by atoms with E-state index in [0.717, 1.165) is 22.3 Å². The Kier molecular flexibility index (Phi) is 3.12. The quantitative estimate of drug-likeness (QED) is 0.534. The first-order valence-electron chi connectivity index (χ1n) is 7.46. The predicted octanol–water partition coefficient (Wildman–Crippen LogP) is 5.75. The van der Waals surface area contributed by atoms with Crippen molar-refractivity contribution >= 4 is 11.4 Å². The first kappa shape index (κ1) is 13.0. The fraction of sp³-hybridized carbons (Fsp3) is 0.0476. The predicted molar refractivity (Wildman–Crippen MR) is 89.9 cm³/mol. The van der Waals surface area contributed by atoms with Crippen LogP contribution in [-0.4, -0.2) is 0 Å². The second-order valence-electron chi connectivity index (χ2n) is 5.54. The molecule has 0 aromatic heterocycles. The normalized spacial score (nSPS) is 13.3. The van der Waals surface area contributed by atoms with Crippen molar-refractivity contribution in [3.8, 4) is 11.1 Å². The van der Waals surface area contributed by atoms with Crippen molar-refractivity contribution in [3.63, 3.8) is 0 Å². The third kappa shape index (κ3) is 2.06. The van der Waals surface area contributed by atoms with E-state index in [0.29, 0.717) is 12.0 Å². The number of hydrogen-bond acceptors (Lipinski definition) is 0. The third-order valence-corrected chi connectivity index (χ3v) is 4.23. The fourth-order valence-electron chi connectivity index (χ4n) is 3.15. The van der Waals surface area contributed by atoms with Gasteiger partial charge in [-0.25, -0.2) is 4.39 Å². The average Bonchev–Trinajstić information content (AvgIpc) is 2.72. The lowest BCUT2D eigenvalue weighted by Gasteiger charge is -2.09. The Morgan fingerprint density at radius 1 is 0.591 bits per heavy atom. The summed E-state index contributed by atoms with van der Waals surface area (Å²) in [5.41, 5.74) is 5.66. The molecule has 0 saturated heterocycles. The van der Waals surface area contributed by atoms with Crippen LogP contribution in [0.25, 0.3) is 22.5 Å². The molecule has 0 unspecified atom stereocenters. The van der Waals surface area contributed by atoms with Gasteiger partial charge in [0.1, 0.15) is 5.83 Å². The van der Waals surface area contributed by atoms with Crippen LogP contribution in [-0.2, 0) is 6.42 Å². The van der Waals surface area contributed by atoms with E-state index < -0.39 is 0 Å². The Bertz CT molecular complexity index is 860. The smallest absolute Gasteiger partial charge is 0.135 e. The zero-order valence-corrected chi connectivity index (χ0v) is 12.1. The van der Waals surface area contributed by atoms with Crippen LogP contribution in [0.2, 0.25) is 0 Å². The summed E-state index contributed by atoms with van der Waals surface area (Å²) in [6, 6.07) is 25.8. The van der Waals surface area contributed by atoms with Crippen LogP contribution in [0.5, 0.6) is 0 Å². The monoisotopic (exact) mass is 286 g/mol. The van der Waals surface area contributed by atoms with Crippen molar-refractivity contribution in [2.45, 2.75) is 6.42 Å². The van der Waals surface area contributed by atoms with Crippen molar-refractivity contribution in [1.82, 2.24) is 0 Å². The number of fused-ring (bicyclic) bond motifs is 3. The molecule has 4 rings (SSSR count). The number of halogens is 1. The zero-order chi connectivity index (χ0) is 14.9. The Hall–Kier alpha value is -2.67. The number of allylic oxidation sites excluding steroid dienone is 1. The minimum atomic E-state index is -0.113. The fourth-order valence-corrected chi connectivity index (χ4v) is 3.15. The zero-order valence-electron chi connectivity index (χ0n) is 12.1. The van der Waals surface area contributed by atoms with Crippen molar-refractivity contribution < 1.29 is 4.39 Å². The second-order valence-corrected chi connectivity index (χ2v) is 5.54. The Morgan fingerprint density at radius 2 is 1.18 bits per heavy atom. The van der Waals surface area contributed by atoms with E-state index in [2.05, 4.69) is 12.1 Å². The van der Waals surface area contributed by atoms with E-state index in [-0.39, 0.29) is 5.83 Å². The van der Waals surface area contributed by atoms with E-state index in [1.807, 2.05) is 66.7 Å². The lowest BCUT2D eigenvalue weighted by molar-refractivity contribution is 0.761. The molecule has 1 aliphatic rings. The SMILES string of the molecule is FC1=C(c2ccccc2)Cc2ccccc2-c2ccccc21. The maximum absolute atomic E-state index is 15.2. The lowest BCUT2D eigenvalue weighted by Crippen LogP contribution is -1.92.